The topological polar surface area (TPSA) is 49.4 Å². The highest BCUT2D eigenvalue weighted by Crippen LogP contribution is 2.20. The summed E-state index contributed by atoms with van der Waals surface area (Å²) in [7, 11) is 0. The van der Waals surface area contributed by atoms with Crippen LogP contribution >= 0.6 is 0 Å². The standard InChI is InChI=1S/C11H11FN2O2/c1-7-6-13-11(16)14(10(7)15)9-4-2-3-8(12)5-9/h2-5,7H,6H2,1H3,(H,13,16). The lowest BCUT2D eigenvalue weighted by Gasteiger charge is -2.29. The molecule has 1 atom stereocenters. The van der Waals surface area contributed by atoms with Gasteiger partial charge in [0.2, 0.25) is 5.91 Å². The van der Waals surface area contributed by atoms with Gasteiger partial charge in [0.15, 0.2) is 0 Å². The molecule has 1 fully saturated rings. The van der Waals surface area contributed by atoms with Gasteiger partial charge in [-0.05, 0) is 18.2 Å². The Kier molecular flexibility index (Phi) is 2.60. The van der Waals surface area contributed by atoms with Crippen LogP contribution in [-0.4, -0.2) is 18.5 Å². The summed E-state index contributed by atoms with van der Waals surface area (Å²) in [6.07, 6.45) is 0. The zero-order valence-electron chi connectivity index (χ0n) is 8.74. The van der Waals surface area contributed by atoms with Crippen molar-refractivity contribution in [2.24, 2.45) is 5.92 Å². The molecule has 0 aromatic heterocycles. The van der Waals surface area contributed by atoms with E-state index in [9.17, 15) is 14.0 Å². The number of halogens is 1. The van der Waals surface area contributed by atoms with Gasteiger partial charge in [-0.1, -0.05) is 13.0 Å². The third kappa shape index (κ3) is 1.76. The van der Waals surface area contributed by atoms with Gasteiger partial charge >= 0.3 is 6.03 Å². The molecule has 16 heavy (non-hydrogen) atoms. The fourth-order valence-corrected chi connectivity index (χ4v) is 1.59. The largest absolute Gasteiger partial charge is 0.337 e. The Hall–Kier alpha value is -1.91. The van der Waals surface area contributed by atoms with E-state index < -0.39 is 11.8 Å². The normalized spacial score (nSPS) is 20.9. The lowest BCUT2D eigenvalue weighted by atomic mass is 10.1. The molecule has 84 valence electrons. The van der Waals surface area contributed by atoms with Crippen LogP contribution in [0.15, 0.2) is 24.3 Å². The lowest BCUT2D eigenvalue weighted by Crippen LogP contribution is -2.54. The fraction of sp³-hybridized carbons (Fsp3) is 0.273. The van der Waals surface area contributed by atoms with Crippen molar-refractivity contribution in [2.45, 2.75) is 6.92 Å². The van der Waals surface area contributed by atoms with Gasteiger partial charge in [-0.3, -0.25) is 4.79 Å². The Balaban J connectivity index is 2.37. The van der Waals surface area contributed by atoms with Crippen LogP contribution in [0, 0.1) is 11.7 Å². The van der Waals surface area contributed by atoms with Gasteiger partial charge in [-0.15, -0.1) is 0 Å². The first-order chi connectivity index (χ1) is 7.59. The number of urea groups is 1. The maximum atomic E-state index is 13.0. The molecule has 0 saturated carbocycles. The first-order valence-corrected chi connectivity index (χ1v) is 4.97. The molecule has 1 unspecified atom stereocenters. The van der Waals surface area contributed by atoms with Gasteiger partial charge in [-0.2, -0.15) is 0 Å². The van der Waals surface area contributed by atoms with E-state index in [2.05, 4.69) is 5.32 Å². The molecule has 3 amide bonds. The third-order valence-electron chi connectivity index (χ3n) is 2.47. The molecular formula is C11H11FN2O2. The Morgan fingerprint density at radius 1 is 1.44 bits per heavy atom. The van der Waals surface area contributed by atoms with Gasteiger partial charge in [0, 0.05) is 6.54 Å². The van der Waals surface area contributed by atoms with Crippen molar-refractivity contribution < 1.29 is 14.0 Å². The van der Waals surface area contributed by atoms with Crippen LogP contribution in [0.3, 0.4) is 0 Å². The van der Waals surface area contributed by atoms with Crippen LogP contribution < -0.4 is 10.2 Å². The fourth-order valence-electron chi connectivity index (χ4n) is 1.59. The predicted molar refractivity (Wildman–Crippen MR) is 56.4 cm³/mol. The molecule has 1 heterocycles. The number of carbonyl (C=O) groups is 2. The number of amides is 3. The molecular weight excluding hydrogens is 211 g/mol. The van der Waals surface area contributed by atoms with Crippen molar-refractivity contribution in [3.8, 4) is 0 Å². The zero-order chi connectivity index (χ0) is 11.7. The maximum absolute atomic E-state index is 13.0. The second-order valence-corrected chi connectivity index (χ2v) is 3.74. The van der Waals surface area contributed by atoms with Crippen LogP contribution in [0.25, 0.3) is 0 Å². The number of nitrogens with one attached hydrogen (secondary N) is 1. The minimum atomic E-state index is -0.506. The van der Waals surface area contributed by atoms with Crippen molar-refractivity contribution in [3.63, 3.8) is 0 Å². The summed E-state index contributed by atoms with van der Waals surface area (Å²) in [6, 6.07) is 4.91. The summed E-state index contributed by atoms with van der Waals surface area (Å²) < 4.78 is 13.0. The van der Waals surface area contributed by atoms with Gasteiger partial charge in [0.1, 0.15) is 5.82 Å². The molecule has 1 aliphatic rings. The number of carbonyl (C=O) groups excluding carboxylic acids is 2. The minimum Gasteiger partial charge on any atom is -0.337 e. The highest BCUT2D eigenvalue weighted by Gasteiger charge is 2.32. The molecule has 1 saturated heterocycles. The van der Waals surface area contributed by atoms with Crippen molar-refractivity contribution in [3.05, 3.63) is 30.1 Å². The first kappa shape index (κ1) is 10.6. The molecule has 4 nitrogen and oxygen atoms in total. The number of anilines is 1. The Bertz CT molecular complexity index is 447. The van der Waals surface area contributed by atoms with Crippen molar-refractivity contribution in [1.29, 1.82) is 0 Å². The van der Waals surface area contributed by atoms with Crippen molar-refractivity contribution in [1.82, 2.24) is 5.32 Å². The van der Waals surface area contributed by atoms with Crippen LogP contribution in [0.5, 0.6) is 0 Å². The number of nitrogens with zero attached hydrogens (tertiary/aromatic N) is 1. The van der Waals surface area contributed by atoms with E-state index in [0.717, 1.165) is 11.0 Å². The van der Waals surface area contributed by atoms with Gasteiger partial charge in [-0.25, -0.2) is 14.1 Å². The molecule has 5 heteroatoms. The summed E-state index contributed by atoms with van der Waals surface area (Å²) in [5, 5.41) is 2.57. The number of hydrogen-bond acceptors (Lipinski definition) is 2. The number of hydrogen-bond donors (Lipinski definition) is 1. The Labute approximate surface area is 92.0 Å². The molecule has 0 spiro atoms. The average molecular weight is 222 g/mol. The molecule has 0 aliphatic carbocycles. The predicted octanol–water partition coefficient (Wildman–Crippen LogP) is 1.52. The summed E-state index contributed by atoms with van der Waals surface area (Å²) in [5.41, 5.74) is 0.258. The number of benzene rings is 1. The monoisotopic (exact) mass is 222 g/mol. The first-order valence-electron chi connectivity index (χ1n) is 4.97. The van der Waals surface area contributed by atoms with Crippen molar-refractivity contribution in [2.75, 3.05) is 11.4 Å². The van der Waals surface area contributed by atoms with E-state index in [0.29, 0.717) is 6.54 Å². The second-order valence-electron chi connectivity index (χ2n) is 3.74. The molecule has 1 N–H and O–H groups in total. The van der Waals surface area contributed by atoms with Gasteiger partial charge < -0.3 is 5.32 Å². The average Bonchev–Trinajstić information content (AvgIpc) is 2.24. The van der Waals surface area contributed by atoms with Crippen LogP contribution in [0.1, 0.15) is 6.92 Å². The van der Waals surface area contributed by atoms with Crippen LogP contribution in [0.2, 0.25) is 0 Å². The van der Waals surface area contributed by atoms with E-state index in [1.165, 1.54) is 18.2 Å². The van der Waals surface area contributed by atoms with Crippen LogP contribution in [0.4, 0.5) is 14.9 Å². The maximum Gasteiger partial charge on any atom is 0.328 e. The van der Waals surface area contributed by atoms with E-state index in [1.54, 1.807) is 6.92 Å². The summed E-state index contributed by atoms with van der Waals surface area (Å²) in [4.78, 5) is 24.3. The quantitative estimate of drug-likeness (QED) is 0.783. The van der Waals surface area contributed by atoms with Gasteiger partial charge in [0.05, 0.1) is 11.6 Å². The molecule has 0 bridgehead atoms. The SMILES string of the molecule is CC1CNC(=O)N(c2cccc(F)c2)C1=O. The third-order valence-corrected chi connectivity index (χ3v) is 2.47. The summed E-state index contributed by atoms with van der Waals surface area (Å²) in [6.45, 7) is 2.04. The summed E-state index contributed by atoms with van der Waals surface area (Å²) >= 11 is 0. The minimum absolute atomic E-state index is 0.258. The van der Waals surface area contributed by atoms with Crippen molar-refractivity contribution >= 4 is 17.6 Å². The number of imide groups is 1. The highest BCUT2D eigenvalue weighted by atomic mass is 19.1. The molecule has 1 aromatic carbocycles. The zero-order valence-corrected chi connectivity index (χ0v) is 8.74. The van der Waals surface area contributed by atoms with E-state index in [1.807, 2.05) is 0 Å². The Morgan fingerprint density at radius 3 is 2.88 bits per heavy atom. The Morgan fingerprint density at radius 2 is 2.19 bits per heavy atom. The lowest BCUT2D eigenvalue weighted by molar-refractivity contribution is -0.121. The molecule has 1 aliphatic heterocycles. The summed E-state index contributed by atoms with van der Waals surface area (Å²) in [5.74, 6) is -1.08. The molecule has 2 rings (SSSR count). The smallest absolute Gasteiger partial charge is 0.328 e. The molecule has 0 radical (unpaired) electrons. The number of rotatable bonds is 1. The van der Waals surface area contributed by atoms with Gasteiger partial charge in [0.25, 0.3) is 0 Å². The van der Waals surface area contributed by atoms with E-state index in [-0.39, 0.29) is 17.5 Å². The van der Waals surface area contributed by atoms with E-state index >= 15 is 0 Å². The molecule has 1 aromatic rings. The van der Waals surface area contributed by atoms with E-state index in [4.69, 9.17) is 0 Å². The second kappa shape index (κ2) is 3.92. The van der Waals surface area contributed by atoms with Crippen LogP contribution in [-0.2, 0) is 4.79 Å². The highest BCUT2D eigenvalue weighted by molar-refractivity contribution is 6.16.